The highest BCUT2D eigenvalue weighted by molar-refractivity contribution is 6.29. The van der Waals surface area contributed by atoms with E-state index < -0.39 is 11.2 Å². The number of aromatic nitrogens is 4. The lowest BCUT2D eigenvalue weighted by atomic mass is 10.0. The van der Waals surface area contributed by atoms with Gasteiger partial charge >= 0.3 is 5.69 Å². The summed E-state index contributed by atoms with van der Waals surface area (Å²) in [6, 6.07) is 7.35. The van der Waals surface area contributed by atoms with Crippen LogP contribution in [0.15, 0.2) is 33.9 Å². The Bertz CT molecular complexity index is 1120. The summed E-state index contributed by atoms with van der Waals surface area (Å²) in [5, 5.41) is -0.00884. The Labute approximate surface area is 154 Å². The van der Waals surface area contributed by atoms with Crippen molar-refractivity contribution in [3.8, 4) is 0 Å². The molecule has 0 bridgehead atoms. The second-order valence-electron chi connectivity index (χ2n) is 6.54. The zero-order chi connectivity index (χ0) is 19.2. The summed E-state index contributed by atoms with van der Waals surface area (Å²) in [6.45, 7) is 4.02. The van der Waals surface area contributed by atoms with E-state index >= 15 is 0 Å². The van der Waals surface area contributed by atoms with E-state index in [4.69, 9.17) is 11.6 Å². The summed E-state index contributed by atoms with van der Waals surface area (Å²) in [5.74, 6) is 0.174. The topological polar surface area (TPSA) is 78.9 Å². The van der Waals surface area contributed by atoms with Gasteiger partial charge in [-0.3, -0.25) is 18.7 Å². The van der Waals surface area contributed by atoms with Crippen LogP contribution >= 0.6 is 11.6 Å². The van der Waals surface area contributed by atoms with E-state index in [2.05, 4.69) is 18.8 Å². The molecule has 0 aliphatic rings. The smallest absolute Gasteiger partial charge is 0.301 e. The summed E-state index contributed by atoms with van der Waals surface area (Å²) < 4.78 is 3.55. The fraction of sp³-hybridized carbons (Fsp3) is 0.333. The van der Waals surface area contributed by atoms with Gasteiger partial charge in [0.2, 0.25) is 5.28 Å². The number of hydrogen-bond donors (Lipinski definition) is 0. The molecule has 136 valence electrons. The zero-order valence-corrected chi connectivity index (χ0v) is 15.7. The molecular formula is C18H19ClN4O3. The number of aryl methyl sites for hydroxylation is 1. The number of rotatable bonds is 4. The maximum absolute atomic E-state index is 12.7. The van der Waals surface area contributed by atoms with Crippen molar-refractivity contribution in [2.45, 2.75) is 26.3 Å². The van der Waals surface area contributed by atoms with Crippen molar-refractivity contribution < 1.29 is 4.79 Å². The minimum Gasteiger partial charge on any atom is -0.301 e. The Balaban J connectivity index is 2.06. The molecule has 2 aromatic heterocycles. The molecule has 3 aromatic rings. The predicted molar refractivity (Wildman–Crippen MR) is 100 cm³/mol. The lowest BCUT2D eigenvalue weighted by Gasteiger charge is -2.08. The second kappa shape index (κ2) is 6.57. The third-order valence-corrected chi connectivity index (χ3v) is 4.79. The first-order valence-corrected chi connectivity index (χ1v) is 8.55. The summed E-state index contributed by atoms with van der Waals surface area (Å²) in [4.78, 5) is 41.3. The highest BCUT2D eigenvalue weighted by Crippen LogP contribution is 2.18. The maximum atomic E-state index is 12.7. The summed E-state index contributed by atoms with van der Waals surface area (Å²) in [7, 11) is 2.88. The van der Waals surface area contributed by atoms with Crippen molar-refractivity contribution in [2.75, 3.05) is 0 Å². The number of nitrogens with zero attached hydrogens (tertiary/aromatic N) is 4. The van der Waals surface area contributed by atoms with E-state index in [1.807, 2.05) is 12.1 Å². The normalized spacial score (nSPS) is 11.5. The highest BCUT2D eigenvalue weighted by atomic mass is 35.5. The molecule has 0 saturated heterocycles. The van der Waals surface area contributed by atoms with Gasteiger partial charge < -0.3 is 4.57 Å². The third-order valence-electron chi connectivity index (χ3n) is 4.50. The molecule has 0 amide bonds. The van der Waals surface area contributed by atoms with Crippen molar-refractivity contribution >= 4 is 28.5 Å². The van der Waals surface area contributed by atoms with Gasteiger partial charge in [-0.2, -0.15) is 4.98 Å². The second-order valence-corrected chi connectivity index (χ2v) is 6.88. The Morgan fingerprint density at radius 2 is 1.73 bits per heavy atom. The Hall–Kier alpha value is -2.67. The van der Waals surface area contributed by atoms with Crippen molar-refractivity contribution in [1.82, 2.24) is 18.7 Å². The van der Waals surface area contributed by atoms with E-state index in [1.54, 1.807) is 12.1 Å². The number of ketones is 1. The van der Waals surface area contributed by atoms with Gasteiger partial charge in [0.25, 0.3) is 5.56 Å². The quantitative estimate of drug-likeness (QED) is 0.517. The van der Waals surface area contributed by atoms with Crippen molar-refractivity contribution in [3.05, 3.63) is 61.5 Å². The van der Waals surface area contributed by atoms with Gasteiger partial charge in [0.05, 0.1) is 6.54 Å². The number of imidazole rings is 1. The summed E-state index contributed by atoms with van der Waals surface area (Å²) in [5.41, 5.74) is 0.910. The van der Waals surface area contributed by atoms with Gasteiger partial charge in [-0.15, -0.1) is 0 Å². The molecule has 0 unspecified atom stereocenters. The molecular weight excluding hydrogens is 356 g/mol. The van der Waals surface area contributed by atoms with Crippen LogP contribution < -0.4 is 11.2 Å². The first-order valence-electron chi connectivity index (χ1n) is 8.17. The average Bonchev–Trinajstić information content (AvgIpc) is 2.94. The molecule has 26 heavy (non-hydrogen) atoms. The van der Waals surface area contributed by atoms with Gasteiger partial charge in [0.15, 0.2) is 16.9 Å². The van der Waals surface area contributed by atoms with Gasteiger partial charge in [-0.25, -0.2) is 4.79 Å². The minimum absolute atomic E-state index is 0.00884. The molecule has 0 spiro atoms. The maximum Gasteiger partial charge on any atom is 0.332 e. The lowest BCUT2D eigenvalue weighted by Crippen LogP contribution is -2.37. The Kier molecular flexibility index (Phi) is 4.58. The standard InChI is InChI=1S/C18H19ClN4O3/c1-10(2)11-5-7-12(8-6-11)13(24)9-23-14-15(20-17(23)19)21(3)18(26)22(4)16(14)25/h5-8,10H,9H2,1-4H3. The number of carbonyl (C=O) groups excluding carboxylic acids is 1. The van der Waals surface area contributed by atoms with Crippen molar-refractivity contribution in [1.29, 1.82) is 0 Å². The fourth-order valence-electron chi connectivity index (χ4n) is 2.85. The summed E-state index contributed by atoms with van der Waals surface area (Å²) in [6.07, 6.45) is 0. The predicted octanol–water partition coefficient (Wildman–Crippen LogP) is 2.09. The van der Waals surface area contributed by atoms with Crippen LogP contribution in [0.3, 0.4) is 0 Å². The van der Waals surface area contributed by atoms with Crippen LogP contribution in [0, 0.1) is 0 Å². The first kappa shape index (κ1) is 18.1. The summed E-state index contributed by atoms with van der Waals surface area (Å²) >= 11 is 6.15. The lowest BCUT2D eigenvalue weighted by molar-refractivity contribution is 0.0973. The van der Waals surface area contributed by atoms with Crippen LogP contribution in [-0.4, -0.2) is 24.5 Å². The number of hydrogen-bond acceptors (Lipinski definition) is 4. The molecule has 0 fully saturated rings. The largest absolute Gasteiger partial charge is 0.332 e. The first-order chi connectivity index (χ1) is 12.2. The monoisotopic (exact) mass is 374 g/mol. The number of fused-ring (bicyclic) bond motifs is 1. The molecule has 8 heteroatoms. The van der Waals surface area contributed by atoms with Crippen LogP contribution in [0.2, 0.25) is 5.28 Å². The molecule has 2 heterocycles. The van der Waals surface area contributed by atoms with E-state index in [-0.39, 0.29) is 28.8 Å². The molecule has 0 aliphatic carbocycles. The van der Waals surface area contributed by atoms with Crippen LogP contribution in [0.5, 0.6) is 0 Å². The molecule has 7 nitrogen and oxygen atoms in total. The van der Waals surface area contributed by atoms with Gasteiger partial charge in [0.1, 0.15) is 0 Å². The van der Waals surface area contributed by atoms with Gasteiger partial charge in [-0.05, 0) is 23.1 Å². The number of benzene rings is 1. The number of carbonyl (C=O) groups is 1. The van der Waals surface area contributed by atoms with E-state index in [9.17, 15) is 14.4 Å². The molecule has 1 aromatic carbocycles. The number of Topliss-reactive ketones (excluding diaryl/α,β-unsaturated/α-hetero) is 1. The van der Waals surface area contributed by atoms with Gasteiger partial charge in [-0.1, -0.05) is 38.1 Å². The van der Waals surface area contributed by atoms with E-state index in [0.717, 1.165) is 10.1 Å². The molecule has 0 N–H and O–H groups in total. The van der Waals surface area contributed by atoms with E-state index in [0.29, 0.717) is 11.5 Å². The van der Waals surface area contributed by atoms with E-state index in [1.165, 1.54) is 23.2 Å². The van der Waals surface area contributed by atoms with Crippen LogP contribution in [0.25, 0.3) is 11.2 Å². The molecule has 0 atom stereocenters. The average molecular weight is 375 g/mol. The third kappa shape index (κ3) is 2.88. The van der Waals surface area contributed by atoms with Crippen LogP contribution in [0.4, 0.5) is 0 Å². The van der Waals surface area contributed by atoms with Crippen molar-refractivity contribution in [3.63, 3.8) is 0 Å². The SMILES string of the molecule is CC(C)c1ccc(C(=O)Cn2c(Cl)nc3c2c(=O)n(C)c(=O)n3C)cc1. The molecule has 3 rings (SSSR count). The van der Waals surface area contributed by atoms with Crippen LogP contribution in [-0.2, 0) is 20.6 Å². The van der Waals surface area contributed by atoms with Gasteiger partial charge in [0, 0.05) is 19.7 Å². The fourth-order valence-corrected chi connectivity index (χ4v) is 3.08. The highest BCUT2D eigenvalue weighted by Gasteiger charge is 2.20. The molecule has 0 aliphatic heterocycles. The number of halogens is 1. The van der Waals surface area contributed by atoms with Crippen molar-refractivity contribution in [2.24, 2.45) is 14.1 Å². The molecule has 0 radical (unpaired) electrons. The Morgan fingerprint density at radius 3 is 2.31 bits per heavy atom. The zero-order valence-electron chi connectivity index (χ0n) is 15.0. The van der Waals surface area contributed by atoms with Crippen LogP contribution in [0.1, 0.15) is 35.7 Å². The Morgan fingerprint density at radius 1 is 1.12 bits per heavy atom. The molecule has 0 saturated carbocycles. The minimum atomic E-state index is -0.537.